The van der Waals surface area contributed by atoms with Crippen molar-refractivity contribution in [3.63, 3.8) is 0 Å². The minimum Gasteiger partial charge on any atom is -0.391 e. The highest BCUT2D eigenvalue weighted by molar-refractivity contribution is 6.27. The Morgan fingerprint density at radius 3 is 2.81 bits per heavy atom. The van der Waals surface area contributed by atoms with Crippen molar-refractivity contribution in [1.82, 2.24) is 10.3 Å². The van der Waals surface area contributed by atoms with Gasteiger partial charge >= 0.3 is 6.03 Å². The number of halogens is 1. The second-order valence-corrected chi connectivity index (χ2v) is 5.41. The molecular formula is C12H16ClN3O5. The van der Waals surface area contributed by atoms with Gasteiger partial charge in [-0.25, -0.2) is 4.79 Å². The van der Waals surface area contributed by atoms with Gasteiger partial charge in [0.1, 0.15) is 12.2 Å². The van der Waals surface area contributed by atoms with Crippen LogP contribution in [0.15, 0.2) is 5.10 Å². The van der Waals surface area contributed by atoms with E-state index in [9.17, 15) is 20.1 Å². The summed E-state index contributed by atoms with van der Waals surface area (Å²) in [7, 11) is 0. The van der Waals surface area contributed by atoms with Crippen LogP contribution in [-0.2, 0) is 4.74 Å². The first-order valence-electron chi connectivity index (χ1n) is 6.27. The van der Waals surface area contributed by atoms with E-state index < -0.39 is 41.7 Å². The fourth-order valence-electron chi connectivity index (χ4n) is 2.23. The van der Waals surface area contributed by atoms with Crippen molar-refractivity contribution in [2.45, 2.75) is 49.5 Å². The van der Waals surface area contributed by atoms with Gasteiger partial charge in [0.05, 0.1) is 12.3 Å². The summed E-state index contributed by atoms with van der Waals surface area (Å²) in [6.45, 7) is 2.95. The molecule has 0 saturated carbocycles. The van der Waals surface area contributed by atoms with E-state index >= 15 is 0 Å². The van der Waals surface area contributed by atoms with E-state index in [2.05, 4.69) is 22.3 Å². The average Bonchev–Trinajstić information content (AvgIpc) is 2.64. The molecule has 2 rings (SSSR count). The number of nitrogens with zero attached hydrogens (tertiary/aromatic N) is 2. The summed E-state index contributed by atoms with van der Waals surface area (Å²) in [4.78, 5) is 10.2. The lowest BCUT2D eigenvalue weighted by Gasteiger charge is -2.33. The van der Waals surface area contributed by atoms with E-state index in [1.54, 1.807) is 0 Å². The number of rotatable bonds is 2. The van der Waals surface area contributed by atoms with Crippen molar-refractivity contribution < 1.29 is 24.9 Å². The standard InChI is InChI=1S/C12H16ClN3O5/c1-3-4-12(13)9(19)8(6(2)17)21-10(12)16-11(20)15-7(18)5-14-16/h5-10,17-19H,1-2H3,(H,15,20)/t6-,7?,8+,9-,10+,12?/m0/s1. The predicted molar refractivity (Wildman–Crippen MR) is 73.3 cm³/mol. The molecule has 2 heterocycles. The highest BCUT2D eigenvalue weighted by atomic mass is 35.5. The molecule has 1 saturated heterocycles. The molecule has 0 aromatic heterocycles. The van der Waals surface area contributed by atoms with Crippen LogP contribution in [0.25, 0.3) is 0 Å². The number of aliphatic hydroxyl groups excluding tert-OH is 3. The van der Waals surface area contributed by atoms with Crippen LogP contribution in [0.5, 0.6) is 0 Å². The molecule has 6 atom stereocenters. The van der Waals surface area contributed by atoms with Crippen LogP contribution in [-0.4, -0.2) is 68.2 Å². The molecule has 9 heteroatoms. The number of amides is 2. The van der Waals surface area contributed by atoms with E-state index in [-0.39, 0.29) is 0 Å². The smallest absolute Gasteiger partial charge is 0.342 e. The molecule has 1 fully saturated rings. The molecule has 0 aromatic rings. The third kappa shape index (κ3) is 2.71. The molecule has 0 aliphatic carbocycles. The third-order valence-corrected chi connectivity index (χ3v) is 3.72. The van der Waals surface area contributed by atoms with Gasteiger partial charge in [0.15, 0.2) is 17.3 Å². The number of hydrogen-bond acceptors (Lipinski definition) is 6. The van der Waals surface area contributed by atoms with Gasteiger partial charge in [0.25, 0.3) is 0 Å². The van der Waals surface area contributed by atoms with Crippen molar-refractivity contribution in [3.8, 4) is 11.8 Å². The number of carbonyl (C=O) groups excluding carboxylic acids is 1. The zero-order valence-electron chi connectivity index (χ0n) is 11.4. The van der Waals surface area contributed by atoms with Gasteiger partial charge in [0, 0.05) is 0 Å². The fraction of sp³-hybridized carbons (Fsp3) is 0.667. The van der Waals surface area contributed by atoms with Gasteiger partial charge in [-0.15, -0.1) is 5.92 Å². The minimum absolute atomic E-state index is 0.753. The molecule has 8 nitrogen and oxygen atoms in total. The Hall–Kier alpha value is -1.37. The number of urea groups is 1. The topological polar surface area (TPSA) is 115 Å². The lowest BCUT2D eigenvalue weighted by Crippen LogP contribution is -2.57. The molecule has 116 valence electrons. The molecule has 2 aliphatic heterocycles. The molecule has 2 aliphatic rings. The second kappa shape index (κ2) is 5.79. The maximum absolute atomic E-state index is 11.9. The Morgan fingerprint density at radius 1 is 1.62 bits per heavy atom. The lowest BCUT2D eigenvalue weighted by molar-refractivity contribution is -0.0918. The summed E-state index contributed by atoms with van der Waals surface area (Å²) in [6.07, 6.45) is -4.73. The molecule has 2 unspecified atom stereocenters. The SMILES string of the molecule is CC#CC1(Cl)[C@@H](O)[C@@H]([C@H](C)O)O[C@H]1N1N=CC(O)NC1=O. The zero-order chi connectivity index (χ0) is 15.8. The molecule has 21 heavy (non-hydrogen) atoms. The van der Waals surface area contributed by atoms with Crippen LogP contribution >= 0.6 is 11.6 Å². The minimum atomic E-state index is -1.65. The summed E-state index contributed by atoms with van der Waals surface area (Å²) >= 11 is 6.34. The van der Waals surface area contributed by atoms with Crippen molar-refractivity contribution in [2.24, 2.45) is 5.10 Å². The van der Waals surface area contributed by atoms with Crippen molar-refractivity contribution in [1.29, 1.82) is 0 Å². The molecular weight excluding hydrogens is 302 g/mol. The molecule has 4 N–H and O–H groups in total. The van der Waals surface area contributed by atoms with Crippen LogP contribution in [0.3, 0.4) is 0 Å². The first kappa shape index (κ1) is 16.0. The number of hydrogen-bond donors (Lipinski definition) is 4. The summed E-state index contributed by atoms with van der Waals surface area (Å²) < 4.78 is 5.48. The monoisotopic (exact) mass is 317 g/mol. The number of aliphatic hydroxyl groups is 3. The first-order valence-corrected chi connectivity index (χ1v) is 6.65. The van der Waals surface area contributed by atoms with Crippen molar-refractivity contribution in [2.75, 3.05) is 0 Å². The third-order valence-electron chi connectivity index (χ3n) is 3.21. The van der Waals surface area contributed by atoms with Crippen molar-refractivity contribution >= 4 is 23.8 Å². The zero-order valence-corrected chi connectivity index (χ0v) is 12.2. The Kier molecular flexibility index (Phi) is 4.41. The number of alkyl halides is 1. The first-order chi connectivity index (χ1) is 9.81. The molecule has 0 radical (unpaired) electrons. The average molecular weight is 318 g/mol. The van der Waals surface area contributed by atoms with Gasteiger partial charge in [-0.1, -0.05) is 17.5 Å². The molecule has 2 amide bonds. The number of nitrogens with one attached hydrogen (secondary N) is 1. The van der Waals surface area contributed by atoms with Gasteiger partial charge in [-0.05, 0) is 13.8 Å². The largest absolute Gasteiger partial charge is 0.391 e. The van der Waals surface area contributed by atoms with Gasteiger partial charge in [-0.3, -0.25) is 0 Å². The Labute approximate surface area is 126 Å². The van der Waals surface area contributed by atoms with Gasteiger partial charge in [-0.2, -0.15) is 10.1 Å². The van der Waals surface area contributed by atoms with Crippen LogP contribution in [0.4, 0.5) is 4.79 Å². The summed E-state index contributed by atoms with van der Waals surface area (Å²) in [5, 5.41) is 36.0. The number of hydrazone groups is 1. The quantitative estimate of drug-likeness (QED) is 0.377. The van der Waals surface area contributed by atoms with Crippen LogP contribution in [0.1, 0.15) is 13.8 Å². The van der Waals surface area contributed by atoms with Crippen molar-refractivity contribution in [3.05, 3.63) is 0 Å². The van der Waals surface area contributed by atoms with E-state index in [1.807, 2.05) is 0 Å². The molecule has 0 bridgehead atoms. The summed E-state index contributed by atoms with van der Waals surface area (Å²) in [5.41, 5.74) is 0. The maximum Gasteiger partial charge on any atom is 0.342 e. The maximum atomic E-state index is 11.9. The van der Waals surface area contributed by atoms with E-state index in [1.165, 1.54) is 13.8 Å². The van der Waals surface area contributed by atoms with Crippen LogP contribution in [0.2, 0.25) is 0 Å². The van der Waals surface area contributed by atoms with Gasteiger partial charge < -0.3 is 25.4 Å². The molecule has 0 spiro atoms. The van der Waals surface area contributed by atoms with Gasteiger partial charge in [0.2, 0.25) is 0 Å². The van der Waals surface area contributed by atoms with E-state index in [4.69, 9.17) is 16.3 Å². The Morgan fingerprint density at radius 2 is 2.29 bits per heavy atom. The second-order valence-electron chi connectivity index (χ2n) is 4.78. The number of carbonyl (C=O) groups is 1. The predicted octanol–water partition coefficient (Wildman–Crippen LogP) is -1.22. The Bertz CT molecular complexity index is 517. The van der Waals surface area contributed by atoms with E-state index in [0.717, 1.165) is 11.2 Å². The van der Waals surface area contributed by atoms with Crippen LogP contribution in [0, 0.1) is 11.8 Å². The summed E-state index contributed by atoms with van der Waals surface area (Å²) in [6, 6.07) is -0.753. The lowest BCUT2D eigenvalue weighted by atomic mass is 9.96. The Balaban J connectivity index is 2.38. The van der Waals surface area contributed by atoms with Crippen LogP contribution < -0.4 is 5.32 Å². The number of ether oxygens (including phenoxy) is 1. The summed E-state index contributed by atoms with van der Waals surface area (Å²) in [5.74, 6) is 5.18. The normalized spacial score (nSPS) is 40.5. The van der Waals surface area contributed by atoms with E-state index in [0.29, 0.717) is 0 Å². The highest BCUT2D eigenvalue weighted by Gasteiger charge is 2.59. The molecule has 0 aromatic carbocycles. The highest BCUT2D eigenvalue weighted by Crippen LogP contribution is 2.40. The fourth-order valence-corrected chi connectivity index (χ4v) is 2.59.